The summed E-state index contributed by atoms with van der Waals surface area (Å²) in [6, 6.07) is 14.9. The van der Waals surface area contributed by atoms with E-state index in [1.807, 2.05) is 16.8 Å². The standard InChI is InChI=1S/C25H34N6O/c1-5-7-24(25-26-27-28-31(25)18-21-10-12-22(32-4)13-11-21)30-16-14-29(15-17-30)23-9-6-8-19(2)20(23)3/h6,8-13,24H,5,7,14-18H2,1-4H3/t24-/m1/s1. The summed E-state index contributed by atoms with van der Waals surface area (Å²) >= 11 is 0. The molecular weight excluding hydrogens is 400 g/mol. The van der Waals surface area contributed by atoms with Gasteiger partial charge in [-0.2, -0.15) is 0 Å². The first-order chi connectivity index (χ1) is 15.6. The quantitative estimate of drug-likeness (QED) is 0.534. The molecule has 1 aliphatic rings. The first kappa shape index (κ1) is 22.3. The van der Waals surface area contributed by atoms with E-state index in [1.165, 1.54) is 16.8 Å². The van der Waals surface area contributed by atoms with Crippen LogP contribution >= 0.6 is 0 Å². The van der Waals surface area contributed by atoms with Crippen LogP contribution < -0.4 is 9.64 Å². The highest BCUT2D eigenvalue weighted by atomic mass is 16.5. The Kier molecular flexibility index (Phi) is 7.05. The van der Waals surface area contributed by atoms with Crippen molar-refractivity contribution in [2.75, 3.05) is 38.2 Å². The molecule has 170 valence electrons. The van der Waals surface area contributed by atoms with Crippen LogP contribution in [0.15, 0.2) is 42.5 Å². The van der Waals surface area contributed by atoms with E-state index < -0.39 is 0 Å². The van der Waals surface area contributed by atoms with Gasteiger partial charge < -0.3 is 9.64 Å². The van der Waals surface area contributed by atoms with Crippen LogP contribution in [0.3, 0.4) is 0 Å². The lowest BCUT2D eigenvalue weighted by Gasteiger charge is -2.40. The van der Waals surface area contributed by atoms with E-state index in [2.05, 4.69) is 76.4 Å². The third-order valence-electron chi connectivity index (χ3n) is 6.58. The molecule has 32 heavy (non-hydrogen) atoms. The summed E-state index contributed by atoms with van der Waals surface area (Å²) in [5.74, 6) is 1.82. The van der Waals surface area contributed by atoms with Crippen molar-refractivity contribution in [3.8, 4) is 5.75 Å². The number of ether oxygens (including phenoxy) is 1. The number of hydrogen-bond acceptors (Lipinski definition) is 6. The number of hydrogen-bond donors (Lipinski definition) is 0. The lowest BCUT2D eigenvalue weighted by Crippen LogP contribution is -2.48. The maximum Gasteiger partial charge on any atom is 0.168 e. The molecule has 1 atom stereocenters. The zero-order valence-corrected chi connectivity index (χ0v) is 19.7. The molecule has 0 aliphatic carbocycles. The molecule has 3 aromatic rings. The Bertz CT molecular complexity index is 1010. The molecule has 0 saturated carbocycles. The van der Waals surface area contributed by atoms with E-state index in [0.29, 0.717) is 6.54 Å². The van der Waals surface area contributed by atoms with E-state index in [9.17, 15) is 0 Å². The molecule has 0 bridgehead atoms. The average Bonchev–Trinajstić information content (AvgIpc) is 3.28. The van der Waals surface area contributed by atoms with Gasteiger partial charge in [0.05, 0.1) is 19.7 Å². The lowest BCUT2D eigenvalue weighted by atomic mass is 10.1. The normalized spacial score (nSPS) is 15.7. The number of aryl methyl sites for hydroxylation is 1. The average molecular weight is 435 g/mol. The highest BCUT2D eigenvalue weighted by Crippen LogP contribution is 2.29. The summed E-state index contributed by atoms with van der Waals surface area (Å²) < 4.78 is 7.23. The first-order valence-corrected chi connectivity index (χ1v) is 11.5. The number of methoxy groups -OCH3 is 1. The van der Waals surface area contributed by atoms with E-state index in [1.54, 1.807) is 7.11 Å². The van der Waals surface area contributed by atoms with Gasteiger partial charge >= 0.3 is 0 Å². The molecular formula is C25H34N6O. The fourth-order valence-corrected chi connectivity index (χ4v) is 4.57. The fraction of sp³-hybridized carbons (Fsp3) is 0.480. The number of benzene rings is 2. The second-order valence-corrected chi connectivity index (χ2v) is 8.59. The van der Waals surface area contributed by atoms with Crippen LogP contribution in [0.25, 0.3) is 0 Å². The predicted molar refractivity (Wildman–Crippen MR) is 127 cm³/mol. The summed E-state index contributed by atoms with van der Waals surface area (Å²) in [5, 5.41) is 12.8. The molecule has 1 aliphatic heterocycles. The van der Waals surface area contributed by atoms with Gasteiger partial charge in [-0.25, -0.2) is 4.68 Å². The van der Waals surface area contributed by atoms with Gasteiger partial charge in [-0.15, -0.1) is 5.10 Å². The van der Waals surface area contributed by atoms with Gasteiger partial charge in [-0.3, -0.25) is 4.90 Å². The highest BCUT2D eigenvalue weighted by Gasteiger charge is 2.29. The Morgan fingerprint density at radius 3 is 2.44 bits per heavy atom. The Labute approximate surface area is 191 Å². The third-order valence-corrected chi connectivity index (χ3v) is 6.58. The Morgan fingerprint density at radius 2 is 1.75 bits per heavy atom. The minimum Gasteiger partial charge on any atom is -0.497 e. The largest absolute Gasteiger partial charge is 0.497 e. The van der Waals surface area contributed by atoms with Crippen LogP contribution in [-0.4, -0.2) is 58.4 Å². The van der Waals surface area contributed by atoms with Gasteiger partial charge in [0.25, 0.3) is 0 Å². The molecule has 1 aromatic heterocycles. The molecule has 0 radical (unpaired) electrons. The molecule has 2 heterocycles. The highest BCUT2D eigenvalue weighted by molar-refractivity contribution is 5.56. The molecule has 0 unspecified atom stereocenters. The summed E-state index contributed by atoms with van der Waals surface area (Å²) in [7, 11) is 1.68. The summed E-state index contributed by atoms with van der Waals surface area (Å²) in [5.41, 5.74) is 5.26. The first-order valence-electron chi connectivity index (χ1n) is 11.5. The monoisotopic (exact) mass is 434 g/mol. The van der Waals surface area contributed by atoms with Crippen molar-refractivity contribution in [1.82, 2.24) is 25.1 Å². The van der Waals surface area contributed by atoms with Gasteiger partial charge in [-0.1, -0.05) is 37.6 Å². The fourth-order valence-electron chi connectivity index (χ4n) is 4.57. The summed E-state index contributed by atoms with van der Waals surface area (Å²) in [4.78, 5) is 5.07. The Balaban J connectivity index is 1.48. The van der Waals surface area contributed by atoms with Crippen molar-refractivity contribution in [1.29, 1.82) is 0 Å². The molecule has 1 saturated heterocycles. The Morgan fingerprint density at radius 1 is 1.00 bits per heavy atom. The van der Waals surface area contributed by atoms with Crippen molar-refractivity contribution in [2.45, 2.75) is 46.2 Å². The van der Waals surface area contributed by atoms with Crippen molar-refractivity contribution in [2.24, 2.45) is 0 Å². The molecule has 1 fully saturated rings. The predicted octanol–water partition coefficient (Wildman–Crippen LogP) is 4.01. The van der Waals surface area contributed by atoms with E-state index in [4.69, 9.17) is 4.74 Å². The van der Waals surface area contributed by atoms with Crippen molar-refractivity contribution < 1.29 is 4.74 Å². The van der Waals surface area contributed by atoms with Gasteiger partial charge in [0, 0.05) is 31.9 Å². The Hall–Kier alpha value is -2.93. The summed E-state index contributed by atoms with van der Waals surface area (Å²) in [6.07, 6.45) is 2.14. The molecule has 0 amide bonds. The second kappa shape index (κ2) is 10.1. The van der Waals surface area contributed by atoms with Crippen LogP contribution in [0.5, 0.6) is 5.75 Å². The van der Waals surface area contributed by atoms with Crippen LogP contribution in [0, 0.1) is 13.8 Å². The number of aromatic nitrogens is 4. The summed E-state index contributed by atoms with van der Waals surface area (Å²) in [6.45, 7) is 11.4. The van der Waals surface area contributed by atoms with E-state index >= 15 is 0 Å². The van der Waals surface area contributed by atoms with Gasteiger partial charge in [0.2, 0.25) is 0 Å². The number of tetrazole rings is 1. The number of rotatable bonds is 8. The van der Waals surface area contributed by atoms with E-state index in [-0.39, 0.29) is 6.04 Å². The van der Waals surface area contributed by atoms with Crippen LogP contribution in [0.4, 0.5) is 5.69 Å². The van der Waals surface area contributed by atoms with Crippen molar-refractivity contribution in [3.05, 3.63) is 65.0 Å². The second-order valence-electron chi connectivity index (χ2n) is 8.59. The lowest BCUT2D eigenvalue weighted by molar-refractivity contribution is 0.164. The SMILES string of the molecule is CCC[C@H](c1nnnn1Cc1ccc(OC)cc1)N1CCN(c2cccc(C)c2C)CC1. The van der Waals surface area contributed by atoms with Gasteiger partial charge in [0.15, 0.2) is 5.82 Å². The topological polar surface area (TPSA) is 59.3 Å². The van der Waals surface area contributed by atoms with Gasteiger partial charge in [0.1, 0.15) is 5.75 Å². The van der Waals surface area contributed by atoms with Gasteiger partial charge in [-0.05, 0) is 65.6 Å². The van der Waals surface area contributed by atoms with Crippen LogP contribution in [0.2, 0.25) is 0 Å². The third kappa shape index (κ3) is 4.78. The molecule has 0 N–H and O–H groups in total. The molecule has 2 aromatic carbocycles. The maximum atomic E-state index is 5.27. The molecule has 0 spiro atoms. The van der Waals surface area contributed by atoms with Crippen LogP contribution in [0.1, 0.15) is 48.3 Å². The molecule has 7 heteroatoms. The number of nitrogens with zero attached hydrogens (tertiary/aromatic N) is 6. The van der Waals surface area contributed by atoms with Crippen molar-refractivity contribution in [3.63, 3.8) is 0 Å². The zero-order chi connectivity index (χ0) is 22.5. The minimum atomic E-state index is 0.231. The smallest absolute Gasteiger partial charge is 0.168 e. The van der Waals surface area contributed by atoms with Crippen LogP contribution in [-0.2, 0) is 6.54 Å². The number of anilines is 1. The molecule has 4 rings (SSSR count). The van der Waals surface area contributed by atoms with E-state index in [0.717, 1.165) is 56.2 Å². The minimum absolute atomic E-state index is 0.231. The zero-order valence-electron chi connectivity index (χ0n) is 19.7. The maximum absolute atomic E-state index is 5.27. The number of piperazine rings is 1. The molecule has 7 nitrogen and oxygen atoms in total. The van der Waals surface area contributed by atoms with Crippen molar-refractivity contribution >= 4 is 5.69 Å².